The zero-order valence-corrected chi connectivity index (χ0v) is 13.7. The number of halogens is 2. The van der Waals surface area contributed by atoms with Gasteiger partial charge in [-0.25, -0.2) is 0 Å². The molecular formula is C16H13BrClN3. The Hall–Kier alpha value is -1.78. The van der Waals surface area contributed by atoms with Crippen LogP contribution in [0.15, 0.2) is 46.9 Å². The van der Waals surface area contributed by atoms with E-state index in [4.69, 9.17) is 17.3 Å². The molecule has 0 aliphatic rings. The maximum Gasteiger partial charge on any atom is 0.153 e. The summed E-state index contributed by atoms with van der Waals surface area (Å²) in [5, 5.41) is 7.77. The van der Waals surface area contributed by atoms with Crippen LogP contribution < -0.4 is 5.73 Å². The lowest BCUT2D eigenvalue weighted by Gasteiger charge is -2.07. The maximum atomic E-state index is 6.34. The van der Waals surface area contributed by atoms with E-state index in [-0.39, 0.29) is 0 Å². The van der Waals surface area contributed by atoms with Crippen molar-refractivity contribution in [3.05, 3.63) is 57.5 Å². The summed E-state index contributed by atoms with van der Waals surface area (Å²) in [5.74, 6) is 0.466. The lowest BCUT2D eigenvalue weighted by molar-refractivity contribution is 1.10. The first-order chi connectivity index (χ1) is 10.1. The molecule has 1 aromatic heterocycles. The minimum absolute atomic E-state index is 0.466. The number of H-pyrrole nitrogens is 1. The third-order valence-electron chi connectivity index (χ3n) is 3.34. The molecule has 0 amide bonds. The van der Waals surface area contributed by atoms with E-state index >= 15 is 0 Å². The Labute approximate surface area is 136 Å². The van der Waals surface area contributed by atoms with Crippen LogP contribution in [0, 0.1) is 6.92 Å². The monoisotopic (exact) mass is 361 g/mol. The van der Waals surface area contributed by atoms with Gasteiger partial charge in [-0.15, -0.1) is 0 Å². The highest BCUT2D eigenvalue weighted by Gasteiger charge is 2.16. The van der Waals surface area contributed by atoms with Gasteiger partial charge in [-0.05, 0) is 24.6 Å². The second-order valence-electron chi connectivity index (χ2n) is 4.85. The van der Waals surface area contributed by atoms with Gasteiger partial charge in [0.25, 0.3) is 0 Å². The first-order valence-electron chi connectivity index (χ1n) is 6.42. The fraction of sp³-hybridized carbons (Fsp3) is 0.0625. The van der Waals surface area contributed by atoms with Crippen molar-refractivity contribution < 1.29 is 0 Å². The van der Waals surface area contributed by atoms with Crippen LogP contribution in [-0.4, -0.2) is 10.2 Å². The summed E-state index contributed by atoms with van der Waals surface area (Å²) < 4.78 is 0.931. The molecule has 0 radical (unpaired) electrons. The van der Waals surface area contributed by atoms with E-state index in [1.807, 2.05) is 30.3 Å². The van der Waals surface area contributed by atoms with Gasteiger partial charge >= 0.3 is 0 Å². The van der Waals surface area contributed by atoms with Gasteiger partial charge in [0, 0.05) is 10.0 Å². The van der Waals surface area contributed by atoms with E-state index in [9.17, 15) is 0 Å². The van der Waals surface area contributed by atoms with Crippen LogP contribution in [0.2, 0.25) is 5.02 Å². The van der Waals surface area contributed by atoms with Crippen LogP contribution in [-0.2, 0) is 0 Å². The third-order valence-corrected chi connectivity index (χ3v) is 4.14. The lowest BCUT2D eigenvalue weighted by atomic mass is 10.00. The minimum atomic E-state index is 0.466. The Kier molecular flexibility index (Phi) is 3.74. The molecule has 0 saturated carbocycles. The van der Waals surface area contributed by atoms with E-state index in [1.165, 1.54) is 5.56 Å². The molecule has 0 aliphatic carbocycles. The van der Waals surface area contributed by atoms with Gasteiger partial charge in [-0.2, -0.15) is 5.10 Å². The molecule has 106 valence electrons. The smallest absolute Gasteiger partial charge is 0.153 e. The summed E-state index contributed by atoms with van der Waals surface area (Å²) in [6.45, 7) is 2.05. The zero-order chi connectivity index (χ0) is 15.0. The molecule has 0 atom stereocenters. The van der Waals surface area contributed by atoms with Crippen molar-refractivity contribution in [2.45, 2.75) is 6.92 Å². The van der Waals surface area contributed by atoms with Crippen LogP contribution in [0.5, 0.6) is 0 Å². The number of hydrogen-bond acceptors (Lipinski definition) is 2. The number of nitrogens with two attached hydrogens (primary N) is 1. The molecule has 0 saturated heterocycles. The van der Waals surface area contributed by atoms with Gasteiger partial charge in [-0.1, -0.05) is 63.4 Å². The molecular weight excluding hydrogens is 350 g/mol. The number of aromatic amines is 1. The van der Waals surface area contributed by atoms with E-state index in [1.54, 1.807) is 0 Å². The molecule has 1 heterocycles. The molecule has 0 unspecified atom stereocenters. The number of aromatic nitrogens is 2. The average molecular weight is 363 g/mol. The summed E-state index contributed by atoms with van der Waals surface area (Å²) in [7, 11) is 0. The van der Waals surface area contributed by atoms with Crippen molar-refractivity contribution in [2.24, 2.45) is 0 Å². The van der Waals surface area contributed by atoms with Gasteiger partial charge in [0.05, 0.1) is 16.3 Å². The number of hydrogen-bond donors (Lipinski definition) is 2. The summed E-state index contributed by atoms with van der Waals surface area (Å²) in [4.78, 5) is 0. The molecule has 3 nitrogen and oxygen atoms in total. The van der Waals surface area contributed by atoms with Crippen molar-refractivity contribution in [2.75, 3.05) is 5.73 Å². The standard InChI is InChI=1S/C16H13BrClN3/c1-9-2-4-10(5-3-9)14-15(20-21-16(14)19)12-7-6-11(17)8-13(12)18/h2-8H,1H3,(H3,19,20,21). The van der Waals surface area contributed by atoms with Gasteiger partial charge in [0.2, 0.25) is 0 Å². The first-order valence-corrected chi connectivity index (χ1v) is 7.59. The first kappa shape index (κ1) is 14.2. The van der Waals surface area contributed by atoms with Gasteiger partial charge in [-0.3, -0.25) is 5.10 Å². The van der Waals surface area contributed by atoms with E-state index < -0.39 is 0 Å². The van der Waals surface area contributed by atoms with Crippen LogP contribution in [0.25, 0.3) is 22.4 Å². The Morgan fingerprint density at radius 1 is 1.14 bits per heavy atom. The lowest BCUT2D eigenvalue weighted by Crippen LogP contribution is -1.89. The molecule has 0 bridgehead atoms. The second kappa shape index (κ2) is 5.54. The molecule has 0 aliphatic heterocycles. The number of rotatable bonds is 2. The summed E-state index contributed by atoms with van der Waals surface area (Å²) in [6.07, 6.45) is 0. The van der Waals surface area contributed by atoms with E-state index in [0.717, 1.165) is 26.9 Å². The van der Waals surface area contributed by atoms with Crippen molar-refractivity contribution in [3.63, 3.8) is 0 Å². The van der Waals surface area contributed by atoms with E-state index in [2.05, 4.69) is 45.2 Å². The Morgan fingerprint density at radius 3 is 2.52 bits per heavy atom. The van der Waals surface area contributed by atoms with Crippen LogP contribution in [0.3, 0.4) is 0 Å². The topological polar surface area (TPSA) is 54.7 Å². The number of benzene rings is 2. The van der Waals surface area contributed by atoms with Crippen molar-refractivity contribution in [1.29, 1.82) is 0 Å². The Bertz CT molecular complexity index is 794. The number of nitrogens with one attached hydrogen (secondary N) is 1. The Morgan fingerprint density at radius 2 is 1.86 bits per heavy atom. The van der Waals surface area contributed by atoms with Crippen LogP contribution in [0.1, 0.15) is 5.56 Å². The number of nitrogen functional groups attached to an aromatic ring is 1. The highest BCUT2D eigenvalue weighted by Crippen LogP contribution is 2.38. The molecule has 0 fully saturated rings. The summed E-state index contributed by atoms with van der Waals surface area (Å²) in [5.41, 5.74) is 10.8. The highest BCUT2D eigenvalue weighted by molar-refractivity contribution is 9.10. The highest BCUT2D eigenvalue weighted by atomic mass is 79.9. The van der Waals surface area contributed by atoms with Crippen LogP contribution >= 0.6 is 27.5 Å². The molecule has 21 heavy (non-hydrogen) atoms. The van der Waals surface area contributed by atoms with Gasteiger partial charge < -0.3 is 5.73 Å². The van der Waals surface area contributed by atoms with Gasteiger partial charge in [0.1, 0.15) is 0 Å². The predicted octanol–water partition coefficient (Wildman–Crippen LogP) is 5.05. The largest absolute Gasteiger partial charge is 0.382 e. The maximum absolute atomic E-state index is 6.34. The quantitative estimate of drug-likeness (QED) is 0.670. The molecule has 3 N–H and O–H groups in total. The fourth-order valence-electron chi connectivity index (χ4n) is 2.26. The SMILES string of the molecule is Cc1ccc(-c2c(N)n[nH]c2-c2ccc(Br)cc2Cl)cc1. The normalized spacial score (nSPS) is 10.8. The van der Waals surface area contributed by atoms with Crippen molar-refractivity contribution in [1.82, 2.24) is 10.2 Å². The van der Waals surface area contributed by atoms with E-state index in [0.29, 0.717) is 10.8 Å². The number of aryl methyl sites for hydroxylation is 1. The third kappa shape index (κ3) is 2.69. The summed E-state index contributed by atoms with van der Waals surface area (Å²) in [6, 6.07) is 13.9. The number of nitrogens with zero attached hydrogens (tertiary/aromatic N) is 1. The van der Waals surface area contributed by atoms with Crippen molar-refractivity contribution >= 4 is 33.3 Å². The minimum Gasteiger partial charge on any atom is -0.382 e. The van der Waals surface area contributed by atoms with Crippen LogP contribution in [0.4, 0.5) is 5.82 Å². The molecule has 3 rings (SSSR count). The molecule has 5 heteroatoms. The second-order valence-corrected chi connectivity index (χ2v) is 6.17. The average Bonchev–Trinajstić information content (AvgIpc) is 2.82. The summed E-state index contributed by atoms with van der Waals surface area (Å²) >= 11 is 9.75. The fourth-order valence-corrected chi connectivity index (χ4v) is 3.02. The Balaban J connectivity index is 2.19. The predicted molar refractivity (Wildman–Crippen MR) is 91.3 cm³/mol. The molecule has 3 aromatic rings. The number of anilines is 1. The van der Waals surface area contributed by atoms with Crippen molar-refractivity contribution in [3.8, 4) is 22.4 Å². The molecule has 0 spiro atoms. The van der Waals surface area contributed by atoms with Gasteiger partial charge in [0.15, 0.2) is 5.82 Å². The molecule has 2 aromatic carbocycles. The zero-order valence-electron chi connectivity index (χ0n) is 11.3.